The first-order valence-corrected chi connectivity index (χ1v) is 10.8. The van der Waals surface area contributed by atoms with Gasteiger partial charge in [-0.1, -0.05) is 37.9 Å². The molecule has 0 aromatic carbocycles. The normalized spacial score (nSPS) is 13.4. The lowest BCUT2D eigenvalue weighted by Gasteiger charge is -2.24. The largest absolute Gasteiger partial charge is 0.459 e. The molecule has 0 aliphatic rings. The van der Waals surface area contributed by atoms with Gasteiger partial charge in [-0.25, -0.2) is 4.79 Å². The summed E-state index contributed by atoms with van der Waals surface area (Å²) in [5, 5.41) is 19.2. The molecule has 0 aromatic heterocycles. The number of halogens is 2. The van der Waals surface area contributed by atoms with Gasteiger partial charge < -0.3 is 9.47 Å². The first kappa shape index (κ1) is 31.3. The fourth-order valence-corrected chi connectivity index (χ4v) is 1.00. The highest BCUT2D eigenvalue weighted by Crippen LogP contribution is 2.22. The molecule has 0 radical (unpaired) electrons. The first-order valence-electron chi connectivity index (χ1n) is 8.56. The molecular formula is C20H32Br2N2O4. The first-order chi connectivity index (χ1) is 12.5. The fourth-order valence-electron chi connectivity index (χ4n) is 1.00. The molecule has 0 spiro atoms. The van der Waals surface area contributed by atoms with Crippen molar-refractivity contribution in [3.63, 3.8) is 0 Å². The van der Waals surface area contributed by atoms with Gasteiger partial charge in [0.1, 0.15) is 17.1 Å². The van der Waals surface area contributed by atoms with Gasteiger partial charge in [-0.2, -0.15) is 10.5 Å². The number of esters is 2. The average Bonchev–Trinajstić information content (AvgIpc) is 2.57. The third-order valence-corrected chi connectivity index (χ3v) is 4.35. The van der Waals surface area contributed by atoms with E-state index in [0.717, 1.165) is 10.7 Å². The Bertz CT molecular complexity index is 579. The highest BCUT2D eigenvalue weighted by atomic mass is 79.9. The van der Waals surface area contributed by atoms with Gasteiger partial charge in [-0.15, -0.1) is 6.58 Å². The Balaban J connectivity index is -0.000000378. The molecule has 0 heterocycles. The van der Waals surface area contributed by atoms with Crippen LogP contribution in [0.15, 0.2) is 12.7 Å². The van der Waals surface area contributed by atoms with E-state index in [-0.39, 0.29) is 0 Å². The Labute approximate surface area is 186 Å². The second-order valence-corrected chi connectivity index (χ2v) is 9.37. The molecule has 8 heteroatoms. The van der Waals surface area contributed by atoms with Gasteiger partial charge in [0.15, 0.2) is 5.41 Å². The zero-order valence-electron chi connectivity index (χ0n) is 18.1. The monoisotopic (exact) mass is 522 g/mol. The number of carbonyl (C=O) groups excluding carboxylic acids is 2. The molecule has 28 heavy (non-hydrogen) atoms. The fraction of sp³-hybridized carbons (Fsp3) is 0.700. The van der Waals surface area contributed by atoms with Crippen molar-refractivity contribution < 1.29 is 19.1 Å². The number of rotatable bonds is 4. The van der Waals surface area contributed by atoms with Gasteiger partial charge in [-0.05, 0) is 55.4 Å². The predicted molar refractivity (Wildman–Crippen MR) is 118 cm³/mol. The minimum Gasteiger partial charge on any atom is -0.459 e. The van der Waals surface area contributed by atoms with Gasteiger partial charge in [0.25, 0.3) is 0 Å². The molecule has 0 aliphatic carbocycles. The van der Waals surface area contributed by atoms with Gasteiger partial charge in [0.05, 0.1) is 12.1 Å². The average molecular weight is 524 g/mol. The molecule has 0 saturated heterocycles. The third-order valence-electron chi connectivity index (χ3n) is 2.49. The minimum atomic E-state index is -1.24. The minimum absolute atomic E-state index is 0.458. The van der Waals surface area contributed by atoms with Gasteiger partial charge in [-0.3, -0.25) is 4.79 Å². The molecule has 0 fully saturated rings. The summed E-state index contributed by atoms with van der Waals surface area (Å²) in [6, 6.07) is 3.67. The Hall–Kier alpha value is -1.38. The Morgan fingerprint density at radius 3 is 1.61 bits per heavy atom. The smallest absolute Gasteiger partial charge is 0.330 e. The topological polar surface area (TPSA) is 100 Å². The van der Waals surface area contributed by atoms with Crippen LogP contribution in [-0.4, -0.2) is 33.8 Å². The van der Waals surface area contributed by atoms with E-state index in [4.69, 9.17) is 20.0 Å². The maximum atomic E-state index is 11.4. The van der Waals surface area contributed by atoms with Crippen LogP contribution in [0.2, 0.25) is 0 Å². The standard InChI is InChI=1S/C10H15NO2.C8H13NO2.C2H4Br2/c1-6-10(5,7-11)8(12)13-9(2,3)4;1-6(5-9)7(10)11-8(2,3)4;3-1-2-4/h6H,1H2,2-5H3;6H,1-4H3;1-2H2. The number of hydrogen-bond donors (Lipinski definition) is 0. The highest BCUT2D eigenvalue weighted by molar-refractivity contribution is 9.11. The Kier molecular flexibility index (Phi) is 16.3. The second-order valence-electron chi connectivity index (χ2n) is 7.78. The van der Waals surface area contributed by atoms with Crippen LogP contribution in [0.3, 0.4) is 0 Å². The van der Waals surface area contributed by atoms with E-state index < -0.39 is 34.5 Å². The van der Waals surface area contributed by atoms with Crippen molar-refractivity contribution in [3.8, 4) is 12.1 Å². The van der Waals surface area contributed by atoms with Crippen molar-refractivity contribution in [1.82, 2.24) is 0 Å². The molecule has 0 aromatic rings. The van der Waals surface area contributed by atoms with Crippen LogP contribution in [0, 0.1) is 34.0 Å². The van der Waals surface area contributed by atoms with Crippen LogP contribution in [0.25, 0.3) is 0 Å². The van der Waals surface area contributed by atoms with Gasteiger partial charge >= 0.3 is 11.9 Å². The van der Waals surface area contributed by atoms with Crippen LogP contribution in [0.1, 0.15) is 55.4 Å². The van der Waals surface area contributed by atoms with Crippen molar-refractivity contribution >= 4 is 43.8 Å². The third kappa shape index (κ3) is 18.0. The summed E-state index contributed by atoms with van der Waals surface area (Å²) in [4.78, 5) is 22.4. The van der Waals surface area contributed by atoms with Crippen LogP contribution in [0.4, 0.5) is 0 Å². The lowest BCUT2D eigenvalue weighted by Crippen LogP contribution is -2.33. The molecule has 0 rings (SSSR count). The maximum absolute atomic E-state index is 11.4. The van der Waals surface area contributed by atoms with Gasteiger partial charge in [0.2, 0.25) is 0 Å². The number of nitriles is 2. The Morgan fingerprint density at radius 2 is 1.39 bits per heavy atom. The number of ether oxygens (including phenoxy) is 2. The zero-order valence-corrected chi connectivity index (χ0v) is 21.2. The van der Waals surface area contributed by atoms with Crippen LogP contribution >= 0.6 is 31.9 Å². The van der Waals surface area contributed by atoms with Crippen LogP contribution in [0.5, 0.6) is 0 Å². The van der Waals surface area contributed by atoms with Crippen molar-refractivity contribution in [2.24, 2.45) is 11.3 Å². The summed E-state index contributed by atoms with van der Waals surface area (Å²) < 4.78 is 9.98. The van der Waals surface area contributed by atoms with E-state index in [9.17, 15) is 9.59 Å². The summed E-state index contributed by atoms with van der Waals surface area (Å²) in [6.07, 6.45) is 1.29. The van der Waals surface area contributed by atoms with E-state index >= 15 is 0 Å². The lowest BCUT2D eigenvalue weighted by molar-refractivity contribution is -0.161. The summed E-state index contributed by atoms with van der Waals surface area (Å²) in [5.41, 5.74) is -2.31. The molecule has 6 nitrogen and oxygen atoms in total. The number of alkyl halides is 2. The van der Waals surface area contributed by atoms with Crippen molar-refractivity contribution in [2.45, 2.75) is 66.6 Å². The summed E-state index contributed by atoms with van der Waals surface area (Å²) in [6.45, 7) is 17.0. The Morgan fingerprint density at radius 1 is 1.00 bits per heavy atom. The number of nitrogens with zero attached hydrogens (tertiary/aromatic N) is 2. The SMILES string of the molecule is BrCCBr.C=CC(C)(C#N)C(=O)OC(C)(C)C.CC(C#N)C(=O)OC(C)(C)C. The van der Waals surface area contributed by atoms with E-state index in [1.807, 2.05) is 12.1 Å². The van der Waals surface area contributed by atoms with E-state index in [1.54, 1.807) is 41.5 Å². The maximum Gasteiger partial charge on any atom is 0.330 e. The molecule has 160 valence electrons. The van der Waals surface area contributed by atoms with Crippen LogP contribution < -0.4 is 0 Å². The molecule has 0 amide bonds. The second kappa shape index (κ2) is 14.6. The lowest BCUT2D eigenvalue weighted by atomic mass is 9.93. The van der Waals surface area contributed by atoms with Crippen molar-refractivity contribution in [3.05, 3.63) is 12.7 Å². The summed E-state index contributed by atoms with van der Waals surface area (Å²) >= 11 is 6.40. The summed E-state index contributed by atoms with van der Waals surface area (Å²) in [5.74, 6) is -1.69. The molecule has 0 bridgehead atoms. The molecule has 2 atom stereocenters. The molecule has 2 unspecified atom stereocenters. The number of carbonyl (C=O) groups is 2. The van der Waals surface area contributed by atoms with Crippen molar-refractivity contribution in [1.29, 1.82) is 10.5 Å². The van der Waals surface area contributed by atoms with E-state index in [1.165, 1.54) is 19.9 Å². The van der Waals surface area contributed by atoms with Crippen LogP contribution in [-0.2, 0) is 19.1 Å². The van der Waals surface area contributed by atoms with Crippen molar-refractivity contribution in [2.75, 3.05) is 10.7 Å². The molecule has 0 aliphatic heterocycles. The zero-order chi connectivity index (χ0) is 23.2. The molecular weight excluding hydrogens is 492 g/mol. The molecule has 0 saturated carbocycles. The number of hydrogen-bond acceptors (Lipinski definition) is 6. The van der Waals surface area contributed by atoms with E-state index in [2.05, 4.69) is 38.4 Å². The molecule has 0 N–H and O–H groups in total. The highest BCUT2D eigenvalue weighted by Gasteiger charge is 2.34. The predicted octanol–water partition coefficient (Wildman–Crippen LogP) is 5.31. The quantitative estimate of drug-likeness (QED) is 0.281. The van der Waals surface area contributed by atoms with E-state index in [0.29, 0.717) is 0 Å². The van der Waals surface area contributed by atoms with Gasteiger partial charge in [0, 0.05) is 10.7 Å². The summed E-state index contributed by atoms with van der Waals surface area (Å²) in [7, 11) is 0.